The van der Waals surface area contributed by atoms with Crippen molar-refractivity contribution in [2.75, 3.05) is 13.6 Å². The maximum absolute atomic E-state index is 6.14. The molecule has 1 fully saturated rings. The van der Waals surface area contributed by atoms with Crippen molar-refractivity contribution in [1.29, 1.82) is 0 Å². The lowest BCUT2D eigenvalue weighted by atomic mass is 9.69. The smallest absolute Gasteiger partial charge is 0.0332 e. The van der Waals surface area contributed by atoms with Gasteiger partial charge in [0.1, 0.15) is 0 Å². The Balaban J connectivity index is 2.05. The molecule has 1 aliphatic rings. The number of hydrogen-bond donors (Lipinski definition) is 1. The van der Waals surface area contributed by atoms with Crippen molar-refractivity contribution >= 4 is 27.3 Å². The van der Waals surface area contributed by atoms with E-state index in [0.29, 0.717) is 5.41 Å². The molecule has 108 valence electrons. The van der Waals surface area contributed by atoms with Crippen LogP contribution in [0.5, 0.6) is 0 Å². The van der Waals surface area contributed by atoms with Crippen molar-refractivity contribution in [1.82, 2.24) is 4.90 Å². The van der Waals surface area contributed by atoms with Crippen LogP contribution in [-0.2, 0) is 6.54 Å². The molecule has 0 atom stereocenters. The van der Waals surface area contributed by atoms with Gasteiger partial charge >= 0.3 is 0 Å². The molecule has 0 radical (unpaired) electrons. The van der Waals surface area contributed by atoms with Crippen LogP contribution in [0.15, 0.2) is 15.9 Å². The summed E-state index contributed by atoms with van der Waals surface area (Å²) >= 11 is 5.35. The molecule has 2 rings (SSSR count). The summed E-state index contributed by atoms with van der Waals surface area (Å²) in [5, 5.41) is 2.16. The van der Waals surface area contributed by atoms with Crippen LogP contribution in [0, 0.1) is 5.41 Å². The van der Waals surface area contributed by atoms with Gasteiger partial charge < -0.3 is 5.73 Å². The number of halogens is 1. The lowest BCUT2D eigenvalue weighted by molar-refractivity contribution is 0.0370. The Morgan fingerprint density at radius 1 is 1.32 bits per heavy atom. The molecular weight excluding hydrogens is 320 g/mol. The average Bonchev–Trinajstić information content (AvgIpc) is 2.75. The van der Waals surface area contributed by atoms with E-state index in [1.807, 2.05) is 11.3 Å². The van der Waals surface area contributed by atoms with Crippen LogP contribution >= 0.6 is 27.3 Å². The molecule has 0 bridgehead atoms. The normalized spacial score (nSPS) is 21.8. The Morgan fingerprint density at radius 2 is 1.95 bits per heavy atom. The summed E-state index contributed by atoms with van der Waals surface area (Å²) < 4.78 is 1.19. The summed E-state index contributed by atoms with van der Waals surface area (Å²) in [5.74, 6) is 0. The van der Waals surface area contributed by atoms with Crippen LogP contribution in [-0.4, -0.2) is 24.0 Å². The van der Waals surface area contributed by atoms with E-state index < -0.39 is 0 Å². The van der Waals surface area contributed by atoms with Gasteiger partial charge in [-0.1, -0.05) is 13.8 Å². The summed E-state index contributed by atoms with van der Waals surface area (Å²) in [5.41, 5.74) is 6.83. The van der Waals surface area contributed by atoms with E-state index in [1.54, 1.807) is 0 Å². The monoisotopic (exact) mass is 344 g/mol. The maximum Gasteiger partial charge on any atom is 0.0332 e. The van der Waals surface area contributed by atoms with Crippen molar-refractivity contribution in [2.24, 2.45) is 11.1 Å². The molecule has 0 aliphatic heterocycles. The predicted octanol–water partition coefficient (Wildman–Crippen LogP) is 4.24. The zero-order chi connectivity index (χ0) is 14.1. The fourth-order valence-electron chi connectivity index (χ4n) is 2.97. The third-order valence-corrected chi connectivity index (χ3v) is 6.42. The maximum atomic E-state index is 6.14. The van der Waals surface area contributed by atoms with Crippen molar-refractivity contribution in [3.63, 3.8) is 0 Å². The molecule has 2 nitrogen and oxygen atoms in total. The fourth-order valence-corrected chi connectivity index (χ4v) is 4.48. The molecule has 0 spiro atoms. The van der Waals surface area contributed by atoms with Crippen LogP contribution < -0.4 is 5.73 Å². The zero-order valence-electron chi connectivity index (χ0n) is 12.2. The largest absolute Gasteiger partial charge is 0.329 e. The lowest BCUT2D eigenvalue weighted by Crippen LogP contribution is -2.54. The standard InChI is InChI=1S/C15H25BrN2S/c1-14(2)4-6-15(11-17,7-5-14)18(3)9-13-8-12(16)10-19-13/h8,10H,4-7,9,11,17H2,1-3H3. The number of thiophene rings is 1. The van der Waals surface area contributed by atoms with Crippen LogP contribution in [0.25, 0.3) is 0 Å². The van der Waals surface area contributed by atoms with E-state index in [-0.39, 0.29) is 5.54 Å². The van der Waals surface area contributed by atoms with E-state index in [1.165, 1.54) is 35.0 Å². The highest BCUT2D eigenvalue weighted by Crippen LogP contribution is 2.42. The highest BCUT2D eigenvalue weighted by molar-refractivity contribution is 9.10. The minimum absolute atomic E-state index is 0.200. The quantitative estimate of drug-likeness (QED) is 0.884. The Bertz CT molecular complexity index is 418. The van der Waals surface area contributed by atoms with Gasteiger partial charge in [-0.05, 0) is 60.1 Å². The van der Waals surface area contributed by atoms with Crippen LogP contribution in [0.3, 0.4) is 0 Å². The SMILES string of the molecule is CN(Cc1cc(Br)cs1)C1(CN)CCC(C)(C)CC1. The molecule has 1 saturated carbocycles. The molecule has 2 N–H and O–H groups in total. The number of hydrogen-bond acceptors (Lipinski definition) is 3. The van der Waals surface area contributed by atoms with Crippen molar-refractivity contribution in [3.05, 3.63) is 20.8 Å². The van der Waals surface area contributed by atoms with Gasteiger partial charge in [0, 0.05) is 33.4 Å². The van der Waals surface area contributed by atoms with Gasteiger partial charge in [-0.25, -0.2) is 0 Å². The topological polar surface area (TPSA) is 29.3 Å². The van der Waals surface area contributed by atoms with Gasteiger partial charge in [0.2, 0.25) is 0 Å². The Hall–Kier alpha value is 0.1000. The van der Waals surface area contributed by atoms with Crippen LogP contribution in [0.4, 0.5) is 0 Å². The molecule has 19 heavy (non-hydrogen) atoms. The molecule has 1 heterocycles. The third-order valence-electron chi connectivity index (χ3n) is 4.74. The minimum atomic E-state index is 0.200. The first kappa shape index (κ1) is 15.5. The number of nitrogens with zero attached hydrogens (tertiary/aromatic N) is 1. The summed E-state index contributed by atoms with van der Waals surface area (Å²) in [6, 6.07) is 2.22. The van der Waals surface area contributed by atoms with E-state index in [0.717, 1.165) is 13.1 Å². The van der Waals surface area contributed by atoms with Crippen LogP contribution in [0.1, 0.15) is 44.4 Å². The molecule has 0 amide bonds. The van der Waals surface area contributed by atoms with E-state index in [2.05, 4.69) is 53.2 Å². The van der Waals surface area contributed by atoms with Gasteiger partial charge in [0.25, 0.3) is 0 Å². The van der Waals surface area contributed by atoms with E-state index in [4.69, 9.17) is 5.73 Å². The third kappa shape index (κ3) is 3.60. The predicted molar refractivity (Wildman–Crippen MR) is 87.5 cm³/mol. The van der Waals surface area contributed by atoms with Gasteiger partial charge in [-0.2, -0.15) is 0 Å². The second-order valence-corrected chi connectivity index (χ2v) is 8.59. The molecule has 0 aromatic carbocycles. The Morgan fingerprint density at radius 3 is 2.42 bits per heavy atom. The summed E-state index contributed by atoms with van der Waals surface area (Å²) in [7, 11) is 2.23. The highest BCUT2D eigenvalue weighted by atomic mass is 79.9. The summed E-state index contributed by atoms with van der Waals surface area (Å²) in [6.45, 7) is 6.54. The van der Waals surface area contributed by atoms with Gasteiger partial charge in [-0.15, -0.1) is 11.3 Å². The molecule has 1 aliphatic carbocycles. The minimum Gasteiger partial charge on any atom is -0.329 e. The highest BCUT2D eigenvalue weighted by Gasteiger charge is 2.40. The van der Waals surface area contributed by atoms with Crippen LogP contribution in [0.2, 0.25) is 0 Å². The number of likely N-dealkylation sites (N-methyl/N-ethyl adjacent to an activating group) is 1. The molecule has 0 saturated heterocycles. The first-order valence-electron chi connectivity index (χ1n) is 7.01. The van der Waals surface area contributed by atoms with Crippen molar-refractivity contribution < 1.29 is 0 Å². The molecule has 0 unspecified atom stereocenters. The number of rotatable bonds is 4. The van der Waals surface area contributed by atoms with Gasteiger partial charge in [-0.3, -0.25) is 4.90 Å². The van der Waals surface area contributed by atoms with Crippen molar-refractivity contribution in [2.45, 2.75) is 51.6 Å². The van der Waals surface area contributed by atoms with Gasteiger partial charge in [0.15, 0.2) is 0 Å². The first-order valence-corrected chi connectivity index (χ1v) is 8.68. The second kappa shape index (κ2) is 5.84. The average molecular weight is 345 g/mol. The van der Waals surface area contributed by atoms with Crippen molar-refractivity contribution in [3.8, 4) is 0 Å². The van der Waals surface area contributed by atoms with E-state index >= 15 is 0 Å². The Labute approximate surface area is 129 Å². The molecular formula is C15H25BrN2S. The van der Waals surface area contributed by atoms with Gasteiger partial charge in [0.05, 0.1) is 0 Å². The fraction of sp³-hybridized carbons (Fsp3) is 0.733. The molecule has 1 aromatic heterocycles. The second-order valence-electron chi connectivity index (χ2n) is 6.68. The number of nitrogens with two attached hydrogens (primary N) is 1. The Kier molecular flexibility index (Phi) is 4.76. The summed E-state index contributed by atoms with van der Waals surface area (Å²) in [4.78, 5) is 3.90. The first-order chi connectivity index (χ1) is 8.87. The zero-order valence-corrected chi connectivity index (χ0v) is 14.6. The molecule has 4 heteroatoms. The van der Waals surface area contributed by atoms with E-state index in [9.17, 15) is 0 Å². The lowest BCUT2D eigenvalue weighted by Gasteiger charge is -2.48. The summed E-state index contributed by atoms with van der Waals surface area (Å²) in [6.07, 6.45) is 5.00. The molecule has 1 aromatic rings.